The van der Waals surface area contributed by atoms with Gasteiger partial charge in [0.05, 0.1) is 24.2 Å². The quantitative estimate of drug-likeness (QED) is 0.0713. The molecule has 0 spiro atoms. The van der Waals surface area contributed by atoms with Gasteiger partial charge < -0.3 is 20.5 Å². The number of fused-ring (bicyclic) bond motifs is 1. The Morgan fingerprint density at radius 1 is 1.02 bits per heavy atom. The van der Waals surface area contributed by atoms with Crippen molar-refractivity contribution >= 4 is 73.6 Å². The summed E-state index contributed by atoms with van der Waals surface area (Å²) >= 11 is 0. The summed E-state index contributed by atoms with van der Waals surface area (Å²) in [4.78, 5) is 15.9. The molecule has 11 nitrogen and oxygen atoms in total. The molecule has 1 aromatic heterocycles. The molecule has 0 atom stereocenters. The van der Waals surface area contributed by atoms with Gasteiger partial charge in [0.25, 0.3) is 10.1 Å². The van der Waals surface area contributed by atoms with Crippen LogP contribution in [-0.4, -0.2) is 72.4 Å². The van der Waals surface area contributed by atoms with Crippen molar-refractivity contribution in [3.63, 3.8) is 0 Å². The van der Waals surface area contributed by atoms with Crippen molar-refractivity contribution < 1.29 is 27.2 Å². The van der Waals surface area contributed by atoms with Crippen LogP contribution < -0.4 is 15.8 Å². The van der Waals surface area contributed by atoms with Gasteiger partial charge in [0.1, 0.15) is 27.6 Å². The van der Waals surface area contributed by atoms with Crippen LogP contribution in [0.4, 0.5) is 21.9 Å². The Hall–Kier alpha value is -3.55. The molecule has 0 fully saturated rings. The second-order valence-corrected chi connectivity index (χ2v) is 11.4. The monoisotopic (exact) mass is 601 g/mol. The Bertz CT molecular complexity index is 1690. The van der Waals surface area contributed by atoms with E-state index in [0.717, 1.165) is 5.56 Å². The van der Waals surface area contributed by atoms with E-state index in [1.807, 2.05) is 24.3 Å². The number of rotatable bonds is 9. The predicted octanol–water partition coefficient (Wildman–Crippen LogP) is 5.79. The first-order chi connectivity index (χ1) is 19.4. The second-order valence-electron chi connectivity index (χ2n) is 10.1. The first-order valence-corrected chi connectivity index (χ1v) is 14.2. The van der Waals surface area contributed by atoms with Crippen molar-refractivity contribution in [1.29, 1.82) is 0 Å². The average Bonchev–Trinajstić information content (AvgIpc) is 2.91. The standard InChI is InChI=1S/C29H31N5O6S.Na.H/c1-29(2,3)40-28(35)31-15-8-16-39-25-12-7-6-11-22(25)23-14-13-19(18-32-23)33-34-24-17-26(41(36,37)38)20-9-4-5-10-21(20)27(24)30;;/h4-7,9-14,17-18H,8,15-16,30H2,1-3H3,(H,31,35)(H,36,37,38);;. The normalized spacial score (nSPS) is 11.7. The molecule has 216 valence electrons. The minimum absolute atomic E-state index is 0. The van der Waals surface area contributed by atoms with E-state index in [1.165, 1.54) is 12.3 Å². The number of ether oxygens (including phenoxy) is 2. The van der Waals surface area contributed by atoms with Gasteiger partial charge in [-0.1, -0.05) is 36.4 Å². The van der Waals surface area contributed by atoms with Crippen molar-refractivity contribution in [3.05, 3.63) is 72.9 Å². The summed E-state index contributed by atoms with van der Waals surface area (Å²) < 4.78 is 44.8. The fourth-order valence-corrected chi connectivity index (χ4v) is 4.64. The average molecular weight is 602 g/mol. The van der Waals surface area contributed by atoms with E-state index in [4.69, 9.17) is 15.2 Å². The van der Waals surface area contributed by atoms with Gasteiger partial charge in [-0.2, -0.15) is 8.42 Å². The number of nitrogens with zero attached hydrogens (tertiary/aromatic N) is 3. The molecule has 4 aromatic rings. The number of para-hydroxylation sites is 1. The third-order valence-electron chi connectivity index (χ3n) is 5.74. The number of nitrogen functional groups attached to an aromatic ring is 1. The summed E-state index contributed by atoms with van der Waals surface area (Å²) in [6, 6.07) is 18.7. The van der Waals surface area contributed by atoms with Gasteiger partial charge in [-0.25, -0.2) is 4.79 Å². The summed E-state index contributed by atoms with van der Waals surface area (Å²) in [6.45, 7) is 6.19. The first kappa shape index (κ1) is 33.0. The number of anilines is 1. The fraction of sp³-hybridized carbons (Fsp3) is 0.241. The molecule has 1 heterocycles. The Balaban J connectivity index is 0.00000484. The van der Waals surface area contributed by atoms with Crippen LogP contribution in [0.15, 0.2) is 88.1 Å². The molecule has 4 N–H and O–H groups in total. The van der Waals surface area contributed by atoms with Crippen LogP contribution in [0.25, 0.3) is 22.0 Å². The number of carbonyl (C=O) groups is 1. The summed E-state index contributed by atoms with van der Waals surface area (Å²) in [5.74, 6) is 0.633. The van der Waals surface area contributed by atoms with E-state index < -0.39 is 21.8 Å². The zero-order chi connectivity index (χ0) is 29.6. The van der Waals surface area contributed by atoms with Crippen LogP contribution in [0.2, 0.25) is 0 Å². The van der Waals surface area contributed by atoms with E-state index >= 15 is 0 Å². The zero-order valence-corrected chi connectivity index (χ0v) is 23.7. The van der Waals surface area contributed by atoms with Gasteiger partial charge in [0.15, 0.2) is 0 Å². The summed E-state index contributed by atoms with van der Waals surface area (Å²) in [7, 11) is -4.52. The molecule has 0 saturated heterocycles. The number of pyridine rings is 1. The molecule has 0 saturated carbocycles. The maximum atomic E-state index is 12.0. The SMILES string of the molecule is CC(C)(C)OC(=O)NCCCOc1ccccc1-c1ccc(N=Nc2cc(S(=O)(=O)O)c3ccccc3c2N)cn1.[NaH]. The minimum atomic E-state index is -4.52. The van der Waals surface area contributed by atoms with Crippen molar-refractivity contribution in [2.24, 2.45) is 10.2 Å². The van der Waals surface area contributed by atoms with Crippen molar-refractivity contribution in [2.45, 2.75) is 37.7 Å². The van der Waals surface area contributed by atoms with Crippen LogP contribution in [0.3, 0.4) is 0 Å². The van der Waals surface area contributed by atoms with E-state index in [-0.39, 0.29) is 51.2 Å². The summed E-state index contributed by atoms with van der Waals surface area (Å²) in [5, 5.41) is 11.7. The molecule has 13 heteroatoms. The molecule has 0 aliphatic heterocycles. The van der Waals surface area contributed by atoms with Gasteiger partial charge in [0.2, 0.25) is 0 Å². The molecule has 0 radical (unpaired) electrons. The number of amides is 1. The number of azo groups is 1. The van der Waals surface area contributed by atoms with Gasteiger partial charge in [-0.05, 0) is 57.5 Å². The third-order valence-corrected chi connectivity index (χ3v) is 6.63. The van der Waals surface area contributed by atoms with Gasteiger partial charge in [0, 0.05) is 22.9 Å². The van der Waals surface area contributed by atoms with Crippen molar-refractivity contribution in [2.75, 3.05) is 18.9 Å². The Morgan fingerprint density at radius 3 is 2.38 bits per heavy atom. The molecule has 0 unspecified atom stereocenters. The fourth-order valence-electron chi connectivity index (χ4n) is 3.93. The number of hydrogen-bond acceptors (Lipinski definition) is 9. The molecule has 42 heavy (non-hydrogen) atoms. The molecule has 1 amide bonds. The van der Waals surface area contributed by atoms with Crippen molar-refractivity contribution in [1.82, 2.24) is 10.3 Å². The second kappa shape index (κ2) is 14.1. The molecular weight excluding hydrogens is 569 g/mol. The van der Waals surface area contributed by atoms with Crippen LogP contribution >= 0.6 is 0 Å². The van der Waals surface area contributed by atoms with E-state index in [1.54, 1.807) is 57.2 Å². The Kier molecular flexibility index (Phi) is 11.0. The van der Waals surface area contributed by atoms with E-state index in [9.17, 15) is 17.8 Å². The van der Waals surface area contributed by atoms with E-state index in [0.29, 0.717) is 42.1 Å². The predicted molar refractivity (Wildman–Crippen MR) is 164 cm³/mol. The number of nitrogens with two attached hydrogens (primary N) is 1. The van der Waals surface area contributed by atoms with Crippen LogP contribution in [0.5, 0.6) is 5.75 Å². The molecular formula is C29H32N5NaO6S. The van der Waals surface area contributed by atoms with Gasteiger partial charge in [-0.15, -0.1) is 10.2 Å². The number of carbonyl (C=O) groups excluding carboxylic acids is 1. The van der Waals surface area contributed by atoms with Crippen molar-refractivity contribution in [3.8, 4) is 17.0 Å². The number of benzene rings is 3. The topological polar surface area (TPSA) is 166 Å². The number of nitrogens with one attached hydrogen (secondary N) is 1. The molecule has 0 aliphatic rings. The van der Waals surface area contributed by atoms with Crippen LogP contribution in [0, 0.1) is 0 Å². The first-order valence-electron chi connectivity index (χ1n) is 12.8. The summed E-state index contributed by atoms with van der Waals surface area (Å²) in [6.07, 6.45) is 1.63. The molecule has 3 aromatic carbocycles. The number of hydrogen-bond donors (Lipinski definition) is 3. The van der Waals surface area contributed by atoms with Crippen LogP contribution in [0.1, 0.15) is 27.2 Å². The molecule has 0 aliphatic carbocycles. The zero-order valence-electron chi connectivity index (χ0n) is 22.9. The summed E-state index contributed by atoms with van der Waals surface area (Å²) in [5.41, 5.74) is 7.81. The van der Waals surface area contributed by atoms with Crippen LogP contribution in [-0.2, 0) is 14.9 Å². The van der Waals surface area contributed by atoms with Gasteiger partial charge in [-0.3, -0.25) is 9.54 Å². The Morgan fingerprint density at radius 2 is 1.71 bits per heavy atom. The van der Waals surface area contributed by atoms with Gasteiger partial charge >= 0.3 is 35.7 Å². The van der Waals surface area contributed by atoms with E-state index in [2.05, 4.69) is 20.5 Å². The molecule has 4 rings (SSSR count). The Labute approximate surface area is 266 Å². The third kappa shape index (κ3) is 8.73. The maximum absolute atomic E-state index is 12.0. The number of aromatic nitrogens is 1. The number of alkyl carbamates (subject to hydrolysis) is 1. The molecule has 0 bridgehead atoms.